The van der Waals surface area contributed by atoms with Crippen molar-refractivity contribution >= 4 is 17.5 Å². The van der Waals surface area contributed by atoms with Gasteiger partial charge in [0.05, 0.1) is 0 Å². The van der Waals surface area contributed by atoms with Gasteiger partial charge in [0.15, 0.2) is 0 Å². The average molecular weight is 456 g/mol. The molecule has 0 fully saturated rings. The highest BCUT2D eigenvalue weighted by molar-refractivity contribution is 5.72. The molecular weight excluding hydrogens is 428 g/mol. The number of amides is 1. The van der Waals surface area contributed by atoms with E-state index in [0.29, 0.717) is 38.4 Å². The predicted molar refractivity (Wildman–Crippen MR) is 120 cm³/mol. The Morgan fingerprint density at radius 3 is 2.67 bits per heavy atom. The summed E-state index contributed by atoms with van der Waals surface area (Å²) < 4.78 is 18.7. The number of nitrogens with zero attached hydrogens (tertiary/aromatic N) is 4. The largest absolute Gasteiger partial charge is 0.490 e. The van der Waals surface area contributed by atoms with Gasteiger partial charge in [-0.3, -0.25) is 4.57 Å². The van der Waals surface area contributed by atoms with Crippen LogP contribution in [0.5, 0.6) is 11.8 Å². The molecule has 1 aromatic heterocycles. The number of hydrogen-bond acceptors (Lipinski definition) is 7. The van der Waals surface area contributed by atoms with Crippen molar-refractivity contribution in [2.45, 2.75) is 51.9 Å². The van der Waals surface area contributed by atoms with Gasteiger partial charge in [0.25, 0.3) is 0 Å². The molecular formula is C23H28N4O6. The third-order valence-electron chi connectivity index (χ3n) is 5.40. The van der Waals surface area contributed by atoms with Crippen molar-refractivity contribution in [2.24, 2.45) is 0 Å². The molecule has 0 N–H and O–H groups in total. The molecule has 33 heavy (non-hydrogen) atoms. The van der Waals surface area contributed by atoms with Gasteiger partial charge in [-0.05, 0) is 55.4 Å². The summed E-state index contributed by atoms with van der Waals surface area (Å²) in [5.41, 5.74) is 1.78. The van der Waals surface area contributed by atoms with Crippen LogP contribution in [-0.4, -0.2) is 56.9 Å². The second-order valence-electron chi connectivity index (χ2n) is 9.10. The Kier molecular flexibility index (Phi) is 6.26. The lowest BCUT2D eigenvalue weighted by Gasteiger charge is -2.29. The summed E-state index contributed by atoms with van der Waals surface area (Å²) in [4.78, 5) is 28.2. The molecule has 10 nitrogen and oxygen atoms in total. The van der Waals surface area contributed by atoms with E-state index < -0.39 is 10.5 Å². The van der Waals surface area contributed by atoms with Gasteiger partial charge in [0, 0.05) is 31.0 Å². The number of carbonyl (C=O) groups excluding carboxylic acids is 1. The van der Waals surface area contributed by atoms with Crippen molar-refractivity contribution < 1.29 is 23.9 Å². The fourth-order valence-electron chi connectivity index (χ4n) is 3.71. The molecule has 1 amide bonds. The normalized spacial score (nSPS) is 18.1. The summed E-state index contributed by atoms with van der Waals surface area (Å²) in [6.45, 7) is 7.65. The molecule has 2 aromatic rings. The molecule has 0 spiro atoms. The second-order valence-corrected chi connectivity index (χ2v) is 9.10. The highest BCUT2D eigenvalue weighted by Gasteiger charge is 2.28. The molecule has 4 rings (SSSR count). The van der Waals surface area contributed by atoms with Gasteiger partial charge < -0.3 is 29.2 Å². The number of ether oxygens (including phenoxy) is 3. The summed E-state index contributed by atoms with van der Waals surface area (Å²) in [5, 5.41) is 10.9. The molecule has 0 aliphatic carbocycles. The summed E-state index contributed by atoms with van der Waals surface area (Å²) in [6.07, 6.45) is 4.37. The molecule has 10 heteroatoms. The van der Waals surface area contributed by atoms with Crippen molar-refractivity contribution in [1.82, 2.24) is 14.5 Å². The van der Waals surface area contributed by atoms with Crippen LogP contribution >= 0.6 is 0 Å². The monoisotopic (exact) mass is 456 g/mol. The van der Waals surface area contributed by atoms with Crippen LogP contribution in [-0.2, 0) is 11.3 Å². The molecule has 0 radical (unpaired) electrons. The molecule has 176 valence electrons. The third-order valence-corrected chi connectivity index (χ3v) is 5.40. The van der Waals surface area contributed by atoms with Crippen molar-refractivity contribution in [2.75, 3.05) is 19.7 Å². The first kappa shape index (κ1) is 22.6. The number of benzene rings is 1. The van der Waals surface area contributed by atoms with Gasteiger partial charge in [0.2, 0.25) is 0 Å². The van der Waals surface area contributed by atoms with Crippen molar-refractivity contribution in [3.05, 3.63) is 52.2 Å². The summed E-state index contributed by atoms with van der Waals surface area (Å²) in [7, 11) is 0. The number of imidazole rings is 1. The highest BCUT2D eigenvalue weighted by atomic mass is 16.6. The van der Waals surface area contributed by atoms with E-state index in [0.717, 1.165) is 12.0 Å². The van der Waals surface area contributed by atoms with Crippen LogP contribution in [0, 0.1) is 10.1 Å². The van der Waals surface area contributed by atoms with Gasteiger partial charge in [0.1, 0.15) is 30.3 Å². The highest BCUT2D eigenvalue weighted by Crippen LogP contribution is 2.27. The minimum absolute atomic E-state index is 0.214. The quantitative estimate of drug-likeness (QED) is 0.493. The standard InChI is InChI=1S/C23H28N4O6/c1-23(2,3)33-22(28)25-11-8-17(9-12-25)16-4-6-18(7-5-16)31-15-19-10-13-26-14-20(27(29)30)24-21(26)32-19/h4-8,14,19H,9-13,15H2,1-3H3. The summed E-state index contributed by atoms with van der Waals surface area (Å²) >= 11 is 0. The van der Waals surface area contributed by atoms with E-state index >= 15 is 0 Å². The van der Waals surface area contributed by atoms with Crippen LogP contribution < -0.4 is 9.47 Å². The number of rotatable bonds is 5. The van der Waals surface area contributed by atoms with E-state index in [1.165, 1.54) is 11.8 Å². The van der Waals surface area contributed by atoms with Gasteiger partial charge >= 0.3 is 17.9 Å². The van der Waals surface area contributed by atoms with Crippen LogP contribution in [0.4, 0.5) is 10.6 Å². The Hall–Kier alpha value is -3.56. The maximum Gasteiger partial charge on any atom is 0.414 e. The van der Waals surface area contributed by atoms with E-state index in [9.17, 15) is 14.9 Å². The minimum atomic E-state index is -0.529. The maximum atomic E-state index is 12.2. The maximum absolute atomic E-state index is 12.2. The fraction of sp³-hybridized carbons (Fsp3) is 0.478. The second kappa shape index (κ2) is 9.13. The molecule has 1 aromatic carbocycles. The topological polar surface area (TPSA) is 109 Å². The van der Waals surface area contributed by atoms with Crippen LogP contribution in [0.25, 0.3) is 5.57 Å². The van der Waals surface area contributed by atoms with Crippen molar-refractivity contribution in [1.29, 1.82) is 0 Å². The lowest BCUT2D eigenvalue weighted by molar-refractivity contribution is -0.389. The SMILES string of the molecule is CC(C)(C)OC(=O)N1CC=C(c2ccc(OCC3CCn4cc([N+](=O)[O-])nc4O3)cc2)CC1. The number of aryl methyl sites for hydroxylation is 1. The first-order chi connectivity index (χ1) is 15.7. The molecule has 0 bridgehead atoms. The van der Waals surface area contributed by atoms with E-state index in [1.54, 1.807) is 9.47 Å². The molecule has 2 aliphatic heterocycles. The van der Waals surface area contributed by atoms with Crippen LogP contribution in [0.15, 0.2) is 36.5 Å². The minimum Gasteiger partial charge on any atom is -0.490 e. The third kappa shape index (κ3) is 5.63. The molecule has 2 aliphatic rings. The molecule has 0 saturated carbocycles. The fourth-order valence-corrected chi connectivity index (χ4v) is 3.71. The van der Waals surface area contributed by atoms with E-state index in [-0.39, 0.29) is 24.0 Å². The molecule has 3 heterocycles. The zero-order valence-corrected chi connectivity index (χ0v) is 19.0. The summed E-state index contributed by atoms with van der Waals surface area (Å²) in [5.74, 6) is 0.502. The van der Waals surface area contributed by atoms with Gasteiger partial charge in [-0.1, -0.05) is 18.2 Å². The molecule has 0 saturated heterocycles. The number of fused-ring (bicyclic) bond motifs is 1. The Balaban J connectivity index is 1.28. The van der Waals surface area contributed by atoms with Crippen LogP contribution in [0.3, 0.4) is 0 Å². The Morgan fingerprint density at radius 2 is 2.03 bits per heavy atom. The molecule has 1 unspecified atom stereocenters. The number of aromatic nitrogens is 2. The first-order valence-electron chi connectivity index (χ1n) is 11.0. The smallest absolute Gasteiger partial charge is 0.414 e. The van der Waals surface area contributed by atoms with Crippen LogP contribution in [0.1, 0.15) is 39.2 Å². The predicted octanol–water partition coefficient (Wildman–Crippen LogP) is 4.05. The van der Waals surface area contributed by atoms with E-state index in [1.807, 2.05) is 45.0 Å². The first-order valence-corrected chi connectivity index (χ1v) is 11.0. The van der Waals surface area contributed by atoms with Crippen molar-refractivity contribution in [3.8, 4) is 11.8 Å². The number of hydrogen-bond donors (Lipinski definition) is 0. The van der Waals surface area contributed by atoms with E-state index in [4.69, 9.17) is 14.2 Å². The zero-order valence-electron chi connectivity index (χ0n) is 19.0. The van der Waals surface area contributed by atoms with Gasteiger partial charge in [-0.25, -0.2) is 4.79 Å². The zero-order chi connectivity index (χ0) is 23.6. The Bertz CT molecular complexity index is 1050. The van der Waals surface area contributed by atoms with E-state index in [2.05, 4.69) is 11.1 Å². The van der Waals surface area contributed by atoms with Gasteiger partial charge in [-0.2, -0.15) is 0 Å². The number of carbonyl (C=O) groups is 1. The lowest BCUT2D eigenvalue weighted by Crippen LogP contribution is -2.39. The average Bonchev–Trinajstić information content (AvgIpc) is 3.21. The van der Waals surface area contributed by atoms with Crippen LogP contribution in [0.2, 0.25) is 0 Å². The number of nitro groups is 1. The molecule has 1 atom stereocenters. The Labute approximate surface area is 191 Å². The van der Waals surface area contributed by atoms with Gasteiger partial charge in [-0.15, -0.1) is 0 Å². The lowest BCUT2D eigenvalue weighted by atomic mass is 9.99. The summed E-state index contributed by atoms with van der Waals surface area (Å²) in [6, 6.07) is 8.07. The Morgan fingerprint density at radius 1 is 1.27 bits per heavy atom. The van der Waals surface area contributed by atoms with Crippen molar-refractivity contribution in [3.63, 3.8) is 0 Å².